The molecule has 23 heavy (non-hydrogen) atoms. The van der Waals surface area contributed by atoms with Gasteiger partial charge in [0, 0.05) is 49.8 Å². The molecule has 0 aromatic carbocycles. The Bertz CT molecular complexity index is 703. The van der Waals surface area contributed by atoms with Gasteiger partial charge in [0.05, 0.1) is 0 Å². The lowest BCUT2D eigenvalue weighted by molar-refractivity contribution is 0.366. The number of pyridine rings is 2. The first-order chi connectivity index (χ1) is 11.0. The van der Waals surface area contributed by atoms with Crippen molar-refractivity contribution in [3.05, 3.63) is 58.5 Å². The molecule has 5 heteroatoms. The van der Waals surface area contributed by atoms with E-state index in [2.05, 4.69) is 68.3 Å². The van der Waals surface area contributed by atoms with Crippen molar-refractivity contribution < 1.29 is 0 Å². The van der Waals surface area contributed by atoms with Crippen LogP contribution in [-0.4, -0.2) is 41.0 Å². The van der Waals surface area contributed by atoms with Gasteiger partial charge in [0.2, 0.25) is 0 Å². The molecule has 4 nitrogen and oxygen atoms in total. The summed E-state index contributed by atoms with van der Waals surface area (Å²) in [5.41, 5.74) is 4.57. The fourth-order valence-corrected chi connectivity index (χ4v) is 3.19. The van der Waals surface area contributed by atoms with Crippen LogP contribution in [0.5, 0.6) is 0 Å². The van der Waals surface area contributed by atoms with Gasteiger partial charge in [-0.1, -0.05) is 12.6 Å². The number of anilines is 1. The van der Waals surface area contributed by atoms with Gasteiger partial charge in [-0.2, -0.15) is 0 Å². The first kappa shape index (κ1) is 16.0. The van der Waals surface area contributed by atoms with Gasteiger partial charge in [-0.15, -0.1) is 0 Å². The molecular weight excluding hydrogens is 352 g/mol. The lowest BCUT2D eigenvalue weighted by Crippen LogP contribution is -2.45. The standard InChI is InChI=1S/C18H21BrN4/c1-13-10-14(2)18(21-11-13)23-8-6-22(7-9-23)15(3)16-4-5-17(19)20-12-16/h4-5,10-12H,3,6-9H2,1-2H3. The third-order valence-electron chi connectivity index (χ3n) is 4.21. The van der Waals surface area contributed by atoms with E-state index in [9.17, 15) is 0 Å². The number of halogens is 1. The summed E-state index contributed by atoms with van der Waals surface area (Å²) < 4.78 is 0.847. The van der Waals surface area contributed by atoms with E-state index in [4.69, 9.17) is 0 Å². The predicted molar refractivity (Wildman–Crippen MR) is 98.5 cm³/mol. The van der Waals surface area contributed by atoms with Crippen molar-refractivity contribution in [2.45, 2.75) is 13.8 Å². The van der Waals surface area contributed by atoms with E-state index in [1.807, 2.05) is 18.5 Å². The van der Waals surface area contributed by atoms with Crippen LogP contribution in [0.3, 0.4) is 0 Å². The second-order valence-corrected chi connectivity index (χ2v) is 6.76. The molecule has 2 aromatic rings. The Balaban J connectivity index is 1.66. The van der Waals surface area contributed by atoms with Crippen LogP contribution in [0, 0.1) is 13.8 Å². The number of nitrogens with zero attached hydrogens (tertiary/aromatic N) is 4. The zero-order valence-corrected chi connectivity index (χ0v) is 15.2. The number of hydrogen-bond acceptors (Lipinski definition) is 4. The molecular formula is C18H21BrN4. The van der Waals surface area contributed by atoms with Crippen LogP contribution in [0.2, 0.25) is 0 Å². The molecule has 0 saturated carbocycles. The molecule has 3 heterocycles. The van der Waals surface area contributed by atoms with Crippen LogP contribution in [0.25, 0.3) is 5.70 Å². The summed E-state index contributed by atoms with van der Waals surface area (Å²) >= 11 is 3.37. The number of hydrogen-bond donors (Lipinski definition) is 0. The molecule has 120 valence electrons. The predicted octanol–water partition coefficient (Wildman–Crippen LogP) is 3.65. The minimum absolute atomic E-state index is 0.847. The van der Waals surface area contributed by atoms with Crippen LogP contribution in [0.15, 0.2) is 41.8 Å². The Morgan fingerprint density at radius 3 is 2.43 bits per heavy atom. The summed E-state index contributed by atoms with van der Waals surface area (Å²) in [5.74, 6) is 1.10. The molecule has 2 aromatic heterocycles. The van der Waals surface area contributed by atoms with Crippen molar-refractivity contribution in [1.29, 1.82) is 0 Å². The summed E-state index contributed by atoms with van der Waals surface area (Å²) in [6.45, 7) is 12.3. The van der Waals surface area contributed by atoms with E-state index in [1.54, 1.807) is 0 Å². The van der Waals surface area contributed by atoms with Crippen LogP contribution >= 0.6 is 15.9 Å². The fraction of sp³-hybridized carbons (Fsp3) is 0.333. The van der Waals surface area contributed by atoms with Crippen LogP contribution < -0.4 is 4.90 Å². The molecule has 1 saturated heterocycles. The molecule has 1 aliphatic rings. The number of piperazine rings is 1. The average molecular weight is 373 g/mol. The van der Waals surface area contributed by atoms with Crippen molar-refractivity contribution >= 4 is 27.4 Å². The summed E-state index contributed by atoms with van der Waals surface area (Å²) in [4.78, 5) is 13.6. The average Bonchev–Trinajstić information content (AvgIpc) is 2.55. The minimum atomic E-state index is 0.847. The molecule has 0 amide bonds. The molecule has 0 bridgehead atoms. The van der Waals surface area contributed by atoms with Crippen molar-refractivity contribution in [3.63, 3.8) is 0 Å². The molecule has 1 fully saturated rings. The number of aryl methyl sites for hydroxylation is 2. The highest BCUT2D eigenvalue weighted by molar-refractivity contribution is 9.10. The van der Waals surface area contributed by atoms with Gasteiger partial charge < -0.3 is 9.80 Å². The number of aromatic nitrogens is 2. The molecule has 0 atom stereocenters. The Kier molecular flexibility index (Phi) is 4.66. The largest absolute Gasteiger partial charge is 0.368 e. The molecule has 0 unspecified atom stereocenters. The highest BCUT2D eigenvalue weighted by atomic mass is 79.9. The molecule has 1 aliphatic heterocycles. The van der Waals surface area contributed by atoms with Crippen molar-refractivity contribution in [2.75, 3.05) is 31.1 Å². The first-order valence-corrected chi connectivity index (χ1v) is 8.58. The van der Waals surface area contributed by atoms with Gasteiger partial charge >= 0.3 is 0 Å². The Morgan fingerprint density at radius 2 is 1.83 bits per heavy atom. The third-order valence-corrected chi connectivity index (χ3v) is 4.68. The van der Waals surface area contributed by atoms with E-state index < -0.39 is 0 Å². The molecule has 0 radical (unpaired) electrons. The zero-order chi connectivity index (χ0) is 16.4. The topological polar surface area (TPSA) is 32.3 Å². The Morgan fingerprint density at radius 1 is 1.09 bits per heavy atom. The summed E-state index contributed by atoms with van der Waals surface area (Å²) in [6, 6.07) is 6.20. The minimum Gasteiger partial charge on any atom is -0.368 e. The van der Waals surface area contributed by atoms with E-state index in [1.165, 1.54) is 11.1 Å². The molecule has 3 rings (SSSR count). The molecule has 0 aliphatic carbocycles. The van der Waals surface area contributed by atoms with Gasteiger partial charge in [-0.3, -0.25) is 0 Å². The zero-order valence-electron chi connectivity index (χ0n) is 13.6. The number of rotatable bonds is 3. The van der Waals surface area contributed by atoms with Gasteiger partial charge in [0.15, 0.2) is 0 Å². The monoisotopic (exact) mass is 372 g/mol. The van der Waals surface area contributed by atoms with Gasteiger partial charge in [-0.25, -0.2) is 9.97 Å². The van der Waals surface area contributed by atoms with Gasteiger partial charge in [-0.05, 0) is 53.0 Å². The normalized spacial score (nSPS) is 14.9. The van der Waals surface area contributed by atoms with E-state index in [-0.39, 0.29) is 0 Å². The highest BCUT2D eigenvalue weighted by Crippen LogP contribution is 2.23. The fourth-order valence-electron chi connectivity index (χ4n) is 2.96. The van der Waals surface area contributed by atoms with E-state index in [0.717, 1.165) is 47.9 Å². The van der Waals surface area contributed by atoms with Crippen LogP contribution in [0.1, 0.15) is 16.7 Å². The van der Waals surface area contributed by atoms with Gasteiger partial charge in [0.25, 0.3) is 0 Å². The van der Waals surface area contributed by atoms with Crippen molar-refractivity contribution in [3.8, 4) is 0 Å². The third kappa shape index (κ3) is 3.55. The second kappa shape index (κ2) is 6.71. The summed E-state index contributed by atoms with van der Waals surface area (Å²) in [5, 5.41) is 0. The maximum Gasteiger partial charge on any atom is 0.131 e. The Labute approximate surface area is 146 Å². The SMILES string of the molecule is C=C(c1ccc(Br)nc1)N1CCN(c2ncc(C)cc2C)CC1. The van der Waals surface area contributed by atoms with E-state index >= 15 is 0 Å². The van der Waals surface area contributed by atoms with Crippen molar-refractivity contribution in [1.82, 2.24) is 14.9 Å². The Hall–Kier alpha value is -1.88. The smallest absolute Gasteiger partial charge is 0.131 e. The summed E-state index contributed by atoms with van der Waals surface area (Å²) in [7, 11) is 0. The lowest BCUT2D eigenvalue weighted by atomic mass is 10.1. The van der Waals surface area contributed by atoms with Crippen LogP contribution in [0.4, 0.5) is 5.82 Å². The molecule has 0 spiro atoms. The van der Waals surface area contributed by atoms with Crippen molar-refractivity contribution in [2.24, 2.45) is 0 Å². The molecule has 0 N–H and O–H groups in total. The van der Waals surface area contributed by atoms with Crippen LogP contribution in [-0.2, 0) is 0 Å². The summed E-state index contributed by atoms with van der Waals surface area (Å²) in [6.07, 6.45) is 3.81. The van der Waals surface area contributed by atoms with E-state index in [0.29, 0.717) is 0 Å². The maximum absolute atomic E-state index is 4.61. The lowest BCUT2D eigenvalue weighted by Gasteiger charge is -2.38. The maximum atomic E-state index is 4.61. The van der Waals surface area contributed by atoms with Gasteiger partial charge in [0.1, 0.15) is 10.4 Å². The highest BCUT2D eigenvalue weighted by Gasteiger charge is 2.20. The first-order valence-electron chi connectivity index (χ1n) is 7.78. The quantitative estimate of drug-likeness (QED) is 0.769. The second-order valence-electron chi connectivity index (χ2n) is 5.94.